The van der Waals surface area contributed by atoms with E-state index in [9.17, 15) is 10.1 Å². The Morgan fingerprint density at radius 2 is 1.75 bits per heavy atom. The van der Waals surface area contributed by atoms with Crippen LogP contribution in [0.5, 0.6) is 0 Å². The monoisotopic (exact) mass is 324 g/mol. The number of benzene rings is 2. The van der Waals surface area contributed by atoms with Gasteiger partial charge in [0.05, 0.1) is 15.0 Å². The van der Waals surface area contributed by atoms with Gasteiger partial charge in [-0.25, -0.2) is 0 Å². The van der Waals surface area contributed by atoms with Crippen LogP contribution in [0.15, 0.2) is 46.2 Å². The lowest BCUT2D eigenvalue weighted by Crippen LogP contribution is -1.92. The molecule has 0 aliphatic heterocycles. The van der Waals surface area contributed by atoms with E-state index in [1.165, 1.54) is 23.9 Å². The maximum atomic E-state index is 10.9. The van der Waals surface area contributed by atoms with Gasteiger partial charge in [0.25, 0.3) is 5.69 Å². The number of nitriles is 1. The van der Waals surface area contributed by atoms with E-state index in [2.05, 4.69) is 0 Å². The van der Waals surface area contributed by atoms with Crippen molar-refractivity contribution in [2.75, 3.05) is 0 Å². The van der Waals surface area contributed by atoms with Crippen LogP contribution in [0, 0.1) is 21.4 Å². The highest BCUT2D eigenvalue weighted by atomic mass is 35.5. The normalized spacial score (nSPS) is 10.1. The zero-order valence-electron chi connectivity index (χ0n) is 9.84. The Hall–Kier alpha value is -1.74. The molecule has 0 N–H and O–H groups in total. The first-order valence-corrected chi connectivity index (χ1v) is 6.90. The molecule has 2 aromatic rings. The summed E-state index contributed by atoms with van der Waals surface area (Å²) in [5.74, 6) is 0. The van der Waals surface area contributed by atoms with Crippen LogP contribution in [0.1, 0.15) is 5.56 Å². The molecule has 0 radical (unpaired) electrons. The summed E-state index contributed by atoms with van der Waals surface area (Å²) < 4.78 is 0. The maximum absolute atomic E-state index is 10.9. The molecular formula is C13H6Cl2N2O2S. The predicted molar refractivity (Wildman–Crippen MR) is 78.4 cm³/mol. The maximum Gasteiger partial charge on any atom is 0.288 e. The highest BCUT2D eigenvalue weighted by Gasteiger charge is 2.14. The van der Waals surface area contributed by atoms with Gasteiger partial charge in [0, 0.05) is 15.9 Å². The first kappa shape index (κ1) is 14.7. The predicted octanol–water partition coefficient (Wildman–Crippen LogP) is 4.92. The highest BCUT2D eigenvalue weighted by molar-refractivity contribution is 7.99. The lowest BCUT2D eigenvalue weighted by Gasteiger charge is -2.04. The second-order valence-corrected chi connectivity index (χ2v) is 5.69. The minimum absolute atomic E-state index is 0.0356. The largest absolute Gasteiger partial charge is 0.288 e. The van der Waals surface area contributed by atoms with E-state index >= 15 is 0 Å². The molecule has 20 heavy (non-hydrogen) atoms. The first-order chi connectivity index (χ1) is 9.51. The average molecular weight is 325 g/mol. The number of halogens is 2. The van der Waals surface area contributed by atoms with Gasteiger partial charge in [0.15, 0.2) is 0 Å². The molecule has 2 aromatic carbocycles. The van der Waals surface area contributed by atoms with Gasteiger partial charge in [0.2, 0.25) is 0 Å². The third-order valence-electron chi connectivity index (χ3n) is 2.41. The van der Waals surface area contributed by atoms with Gasteiger partial charge >= 0.3 is 0 Å². The van der Waals surface area contributed by atoms with E-state index in [1.54, 1.807) is 30.3 Å². The molecule has 7 heteroatoms. The SMILES string of the molecule is N#Cc1ccc(Sc2ccc(Cl)c(Cl)c2)cc1[N+](=O)[O-]. The molecule has 0 fully saturated rings. The third kappa shape index (κ3) is 3.23. The molecule has 0 aliphatic rings. The van der Waals surface area contributed by atoms with Gasteiger partial charge in [-0.2, -0.15) is 5.26 Å². The number of hydrogen-bond acceptors (Lipinski definition) is 4. The number of nitrogens with zero attached hydrogens (tertiary/aromatic N) is 2. The van der Waals surface area contributed by atoms with E-state index in [0.717, 1.165) is 4.90 Å². The lowest BCUT2D eigenvalue weighted by atomic mass is 10.2. The molecular weight excluding hydrogens is 319 g/mol. The number of rotatable bonds is 3. The van der Waals surface area contributed by atoms with Crippen molar-refractivity contribution in [3.8, 4) is 6.07 Å². The fraction of sp³-hybridized carbons (Fsp3) is 0. The Labute approximate surface area is 129 Å². The molecule has 4 nitrogen and oxygen atoms in total. The van der Waals surface area contributed by atoms with Crippen molar-refractivity contribution < 1.29 is 4.92 Å². The fourth-order valence-electron chi connectivity index (χ4n) is 1.50. The van der Waals surface area contributed by atoms with Gasteiger partial charge in [0.1, 0.15) is 11.6 Å². The van der Waals surface area contributed by atoms with Crippen molar-refractivity contribution in [3.63, 3.8) is 0 Å². The van der Waals surface area contributed by atoms with Crippen molar-refractivity contribution >= 4 is 40.7 Å². The second kappa shape index (κ2) is 6.14. The van der Waals surface area contributed by atoms with Gasteiger partial charge in [-0.15, -0.1) is 0 Å². The van der Waals surface area contributed by atoms with Crippen molar-refractivity contribution in [2.24, 2.45) is 0 Å². The summed E-state index contributed by atoms with van der Waals surface area (Å²) in [7, 11) is 0. The fourth-order valence-corrected chi connectivity index (χ4v) is 2.75. The van der Waals surface area contributed by atoms with Crippen molar-refractivity contribution in [2.45, 2.75) is 9.79 Å². The summed E-state index contributed by atoms with van der Waals surface area (Å²) in [6.45, 7) is 0. The molecule has 0 atom stereocenters. The Morgan fingerprint density at radius 1 is 1.10 bits per heavy atom. The zero-order valence-corrected chi connectivity index (χ0v) is 12.2. The van der Waals surface area contributed by atoms with Crippen molar-refractivity contribution in [1.82, 2.24) is 0 Å². The highest BCUT2D eigenvalue weighted by Crippen LogP contribution is 2.34. The van der Waals surface area contributed by atoms with Crippen LogP contribution in [0.25, 0.3) is 0 Å². The van der Waals surface area contributed by atoms with Crippen LogP contribution < -0.4 is 0 Å². The molecule has 0 bridgehead atoms. The van der Waals surface area contributed by atoms with E-state index in [1.807, 2.05) is 0 Å². The molecule has 0 aliphatic carbocycles. The molecule has 0 amide bonds. The Morgan fingerprint density at radius 3 is 2.35 bits per heavy atom. The van der Waals surface area contributed by atoms with E-state index in [-0.39, 0.29) is 11.3 Å². The van der Waals surface area contributed by atoms with Gasteiger partial charge < -0.3 is 0 Å². The van der Waals surface area contributed by atoms with Crippen LogP contribution in [-0.2, 0) is 0 Å². The minimum atomic E-state index is -0.572. The minimum Gasteiger partial charge on any atom is -0.258 e. The Balaban J connectivity index is 2.34. The summed E-state index contributed by atoms with van der Waals surface area (Å²) in [5, 5.41) is 20.6. The molecule has 0 unspecified atom stereocenters. The van der Waals surface area contributed by atoms with E-state index in [0.29, 0.717) is 14.9 Å². The summed E-state index contributed by atoms with van der Waals surface area (Å²) in [6, 6.07) is 11.3. The number of nitro benzene ring substituents is 1. The second-order valence-electron chi connectivity index (χ2n) is 3.73. The van der Waals surface area contributed by atoms with Gasteiger partial charge in [-0.3, -0.25) is 10.1 Å². The van der Waals surface area contributed by atoms with Crippen LogP contribution >= 0.6 is 35.0 Å². The summed E-state index contributed by atoms with van der Waals surface area (Å²) >= 11 is 13.0. The summed E-state index contributed by atoms with van der Waals surface area (Å²) in [4.78, 5) is 11.8. The Kier molecular flexibility index (Phi) is 4.50. The van der Waals surface area contributed by atoms with Gasteiger partial charge in [-0.1, -0.05) is 35.0 Å². The van der Waals surface area contributed by atoms with Crippen LogP contribution in [0.3, 0.4) is 0 Å². The zero-order chi connectivity index (χ0) is 14.7. The van der Waals surface area contributed by atoms with Crippen LogP contribution in [-0.4, -0.2) is 4.92 Å². The molecule has 2 rings (SSSR count). The molecule has 0 saturated heterocycles. The first-order valence-electron chi connectivity index (χ1n) is 5.32. The molecule has 0 aromatic heterocycles. The lowest BCUT2D eigenvalue weighted by molar-refractivity contribution is -0.385. The number of nitro groups is 1. The van der Waals surface area contributed by atoms with Crippen molar-refractivity contribution in [3.05, 3.63) is 62.1 Å². The van der Waals surface area contributed by atoms with Gasteiger partial charge in [-0.05, 0) is 30.3 Å². The van der Waals surface area contributed by atoms with E-state index < -0.39 is 4.92 Å². The Bertz CT molecular complexity index is 729. The third-order valence-corrected chi connectivity index (χ3v) is 4.13. The van der Waals surface area contributed by atoms with E-state index in [4.69, 9.17) is 28.5 Å². The van der Waals surface area contributed by atoms with Crippen LogP contribution in [0.4, 0.5) is 5.69 Å². The quantitative estimate of drug-likeness (QED) is 0.593. The summed E-state index contributed by atoms with van der Waals surface area (Å²) in [6.07, 6.45) is 0. The smallest absolute Gasteiger partial charge is 0.258 e. The summed E-state index contributed by atoms with van der Waals surface area (Å²) in [5.41, 5.74) is -0.175. The topological polar surface area (TPSA) is 66.9 Å². The van der Waals surface area contributed by atoms with Crippen molar-refractivity contribution in [1.29, 1.82) is 5.26 Å². The standard InChI is InChI=1S/C13H6Cl2N2O2S/c14-11-4-3-9(5-12(11)15)20-10-2-1-8(7-16)13(6-10)17(18)19/h1-6H. The molecule has 0 spiro atoms. The molecule has 100 valence electrons. The molecule has 0 heterocycles. The molecule has 0 saturated carbocycles. The van der Waals surface area contributed by atoms with Crippen LogP contribution in [0.2, 0.25) is 10.0 Å². The number of hydrogen-bond donors (Lipinski definition) is 0. The average Bonchev–Trinajstić information content (AvgIpc) is 2.43.